The minimum atomic E-state index is -0.615. The summed E-state index contributed by atoms with van der Waals surface area (Å²) in [6.07, 6.45) is 0.315. The molecule has 140 valence electrons. The predicted octanol–water partition coefficient (Wildman–Crippen LogP) is 0.924. The molecule has 0 spiro atoms. The zero-order chi connectivity index (χ0) is 17.5. The Balaban J connectivity index is 1.64. The number of rotatable bonds is 6. The summed E-state index contributed by atoms with van der Waals surface area (Å²) < 4.78 is 29.9. The normalized spacial score (nSPS) is 40.4. The van der Waals surface area contributed by atoms with Crippen LogP contribution in [-0.4, -0.2) is 80.9 Å². The second-order valence-corrected chi connectivity index (χ2v) is 8.07. The third-order valence-corrected chi connectivity index (χ3v) is 4.65. The van der Waals surface area contributed by atoms with Crippen LogP contribution in [0.3, 0.4) is 0 Å². The fourth-order valence-electron chi connectivity index (χ4n) is 3.62. The molecular formula is C17H32N2O5. The van der Waals surface area contributed by atoms with E-state index >= 15 is 0 Å². The van der Waals surface area contributed by atoms with Crippen LogP contribution >= 0.6 is 0 Å². The van der Waals surface area contributed by atoms with Crippen LogP contribution in [0.5, 0.6) is 0 Å². The quantitative estimate of drug-likeness (QED) is 0.719. The van der Waals surface area contributed by atoms with Gasteiger partial charge in [0.05, 0.1) is 12.6 Å². The largest absolute Gasteiger partial charge is 0.348 e. The van der Waals surface area contributed by atoms with E-state index in [0.717, 1.165) is 19.5 Å². The van der Waals surface area contributed by atoms with Gasteiger partial charge in [-0.25, -0.2) is 0 Å². The highest BCUT2D eigenvalue weighted by Crippen LogP contribution is 2.40. The van der Waals surface area contributed by atoms with Gasteiger partial charge in [0.25, 0.3) is 0 Å². The van der Waals surface area contributed by atoms with Crippen molar-refractivity contribution in [2.75, 3.05) is 33.8 Å². The van der Waals surface area contributed by atoms with Gasteiger partial charge in [-0.15, -0.1) is 0 Å². The Morgan fingerprint density at radius 3 is 2.38 bits per heavy atom. The van der Waals surface area contributed by atoms with Crippen LogP contribution in [-0.2, 0) is 23.7 Å². The second-order valence-electron chi connectivity index (χ2n) is 8.07. The second kappa shape index (κ2) is 6.79. The molecule has 3 heterocycles. The van der Waals surface area contributed by atoms with Gasteiger partial charge >= 0.3 is 0 Å². The first-order chi connectivity index (χ1) is 11.2. The van der Waals surface area contributed by atoms with Crippen LogP contribution < -0.4 is 5.32 Å². The third-order valence-electron chi connectivity index (χ3n) is 4.65. The van der Waals surface area contributed by atoms with E-state index in [9.17, 15) is 0 Å². The van der Waals surface area contributed by atoms with Crippen molar-refractivity contribution < 1.29 is 23.7 Å². The summed E-state index contributed by atoms with van der Waals surface area (Å²) in [4.78, 5) is 2.18. The van der Waals surface area contributed by atoms with Gasteiger partial charge in [-0.05, 0) is 61.3 Å². The molecule has 0 amide bonds. The van der Waals surface area contributed by atoms with Crippen LogP contribution in [0.15, 0.2) is 0 Å². The van der Waals surface area contributed by atoms with E-state index in [-0.39, 0.29) is 30.6 Å². The van der Waals surface area contributed by atoms with Crippen LogP contribution in [0.2, 0.25) is 0 Å². The number of ether oxygens (including phenoxy) is 5. The average Bonchev–Trinajstić information content (AvgIpc) is 3.04. The van der Waals surface area contributed by atoms with Crippen LogP contribution in [0.25, 0.3) is 0 Å². The lowest BCUT2D eigenvalue weighted by Crippen LogP contribution is -2.51. The molecular weight excluding hydrogens is 312 g/mol. The first-order valence-electron chi connectivity index (χ1n) is 8.88. The zero-order valence-electron chi connectivity index (χ0n) is 15.7. The Bertz CT molecular complexity index is 443. The Morgan fingerprint density at radius 2 is 1.75 bits per heavy atom. The van der Waals surface area contributed by atoms with Gasteiger partial charge in [0.15, 0.2) is 17.9 Å². The smallest absolute Gasteiger partial charge is 0.189 e. The molecule has 7 nitrogen and oxygen atoms in total. The number of fused-ring (bicyclic) bond motifs is 1. The van der Waals surface area contributed by atoms with Crippen molar-refractivity contribution in [3.05, 3.63) is 0 Å². The molecule has 7 heteroatoms. The van der Waals surface area contributed by atoms with E-state index < -0.39 is 11.6 Å². The summed E-state index contributed by atoms with van der Waals surface area (Å²) in [7, 11) is 4.17. The minimum Gasteiger partial charge on any atom is -0.348 e. The Hall–Kier alpha value is -0.280. The molecule has 0 aromatic heterocycles. The molecule has 3 saturated heterocycles. The molecule has 0 saturated carbocycles. The number of nitrogens with zero attached hydrogens (tertiary/aromatic N) is 1. The molecule has 24 heavy (non-hydrogen) atoms. The maximum absolute atomic E-state index is 6.16. The van der Waals surface area contributed by atoms with Crippen molar-refractivity contribution in [1.82, 2.24) is 10.2 Å². The van der Waals surface area contributed by atoms with Crippen LogP contribution in [0.4, 0.5) is 0 Å². The third kappa shape index (κ3) is 4.09. The van der Waals surface area contributed by atoms with Gasteiger partial charge < -0.3 is 33.9 Å². The van der Waals surface area contributed by atoms with Gasteiger partial charge in [-0.1, -0.05) is 0 Å². The highest BCUT2D eigenvalue weighted by Gasteiger charge is 2.57. The van der Waals surface area contributed by atoms with E-state index in [1.54, 1.807) is 0 Å². The minimum absolute atomic E-state index is 0.0291. The van der Waals surface area contributed by atoms with E-state index in [1.807, 2.05) is 27.7 Å². The van der Waals surface area contributed by atoms with Crippen LogP contribution in [0, 0.1) is 0 Å². The lowest BCUT2D eigenvalue weighted by molar-refractivity contribution is -0.223. The van der Waals surface area contributed by atoms with E-state index in [0.29, 0.717) is 6.61 Å². The molecule has 0 aromatic rings. The first kappa shape index (κ1) is 18.5. The van der Waals surface area contributed by atoms with Crippen molar-refractivity contribution in [3.8, 4) is 0 Å². The molecule has 1 N–H and O–H groups in total. The molecule has 3 aliphatic heterocycles. The fraction of sp³-hybridized carbons (Fsp3) is 1.00. The average molecular weight is 344 g/mol. The summed E-state index contributed by atoms with van der Waals surface area (Å²) in [5, 5.41) is 3.61. The molecule has 0 radical (unpaired) electrons. The number of hydrogen-bond donors (Lipinski definition) is 1. The van der Waals surface area contributed by atoms with Gasteiger partial charge in [-0.2, -0.15) is 0 Å². The van der Waals surface area contributed by atoms with Gasteiger partial charge in [0.1, 0.15) is 18.3 Å². The van der Waals surface area contributed by atoms with Crippen molar-refractivity contribution in [3.63, 3.8) is 0 Å². The molecule has 0 aliphatic carbocycles. The molecule has 5 atom stereocenters. The maximum Gasteiger partial charge on any atom is 0.189 e. The van der Waals surface area contributed by atoms with Crippen molar-refractivity contribution in [1.29, 1.82) is 0 Å². The van der Waals surface area contributed by atoms with E-state index in [4.69, 9.17) is 23.7 Å². The van der Waals surface area contributed by atoms with Crippen molar-refractivity contribution in [2.24, 2.45) is 0 Å². The molecule has 0 aromatic carbocycles. The first-order valence-corrected chi connectivity index (χ1v) is 8.88. The number of nitrogens with one attached hydrogen (secondary N) is 1. The topological polar surface area (TPSA) is 61.4 Å². The zero-order valence-corrected chi connectivity index (χ0v) is 15.7. The van der Waals surface area contributed by atoms with E-state index in [1.165, 1.54) is 0 Å². The van der Waals surface area contributed by atoms with E-state index in [2.05, 4.69) is 24.3 Å². The lowest BCUT2D eigenvalue weighted by atomic mass is 10.0. The fourth-order valence-corrected chi connectivity index (χ4v) is 3.62. The standard InChI is InChI=1S/C17H32N2O5/c1-16(2)20-10-11(22-16)13-12(18-8-7-9-19(5)6)14-15(21-13)24-17(3,4)23-14/h11-15,18H,7-10H2,1-6H3. The van der Waals surface area contributed by atoms with Gasteiger partial charge in [-0.3, -0.25) is 0 Å². The molecule has 3 fully saturated rings. The van der Waals surface area contributed by atoms with Crippen LogP contribution in [0.1, 0.15) is 34.1 Å². The molecule has 3 aliphatic rings. The Morgan fingerprint density at radius 1 is 1.00 bits per heavy atom. The Labute approximate surface area is 144 Å². The summed E-state index contributed by atoms with van der Waals surface area (Å²) in [6, 6.07) is 0.0291. The summed E-state index contributed by atoms with van der Waals surface area (Å²) in [5.74, 6) is -1.18. The molecule has 3 rings (SSSR count). The molecule has 5 unspecified atom stereocenters. The van der Waals surface area contributed by atoms with Crippen molar-refractivity contribution >= 4 is 0 Å². The highest BCUT2D eigenvalue weighted by atomic mass is 16.8. The monoisotopic (exact) mass is 344 g/mol. The SMILES string of the molecule is CN(C)CCCNC1C(C2COC(C)(C)O2)OC2OC(C)(C)OC21. The van der Waals surface area contributed by atoms with Gasteiger partial charge in [0.2, 0.25) is 0 Å². The highest BCUT2D eigenvalue weighted by molar-refractivity contribution is 5.01. The summed E-state index contributed by atoms with van der Waals surface area (Å²) >= 11 is 0. The summed E-state index contributed by atoms with van der Waals surface area (Å²) in [6.45, 7) is 10.2. The summed E-state index contributed by atoms with van der Waals surface area (Å²) in [5.41, 5.74) is 0. The Kier molecular flexibility index (Phi) is 5.24. The number of hydrogen-bond acceptors (Lipinski definition) is 7. The predicted molar refractivity (Wildman–Crippen MR) is 88.6 cm³/mol. The van der Waals surface area contributed by atoms with Gasteiger partial charge in [0, 0.05) is 0 Å². The molecule has 0 bridgehead atoms. The van der Waals surface area contributed by atoms with Crippen molar-refractivity contribution in [2.45, 2.75) is 76.3 Å². The maximum atomic E-state index is 6.16. The lowest BCUT2D eigenvalue weighted by Gasteiger charge is -2.29.